The molecule has 0 unspecified atom stereocenters. The number of para-hydroxylation sites is 1. The summed E-state index contributed by atoms with van der Waals surface area (Å²) in [6.45, 7) is 2.63. The number of rotatable bonds is 7. The summed E-state index contributed by atoms with van der Waals surface area (Å²) in [7, 11) is 0. The molecule has 1 amide bonds. The number of fused-ring (bicyclic) bond motifs is 1. The second kappa shape index (κ2) is 8.29. The van der Waals surface area contributed by atoms with Crippen molar-refractivity contribution in [2.24, 2.45) is 5.73 Å². The van der Waals surface area contributed by atoms with Gasteiger partial charge in [0.2, 0.25) is 5.91 Å². The number of thioether (sulfide) groups is 1. The molecule has 4 nitrogen and oxygen atoms in total. The molecule has 0 bridgehead atoms. The van der Waals surface area contributed by atoms with Gasteiger partial charge in [-0.05, 0) is 24.5 Å². The lowest BCUT2D eigenvalue weighted by atomic mass is 10.0. The van der Waals surface area contributed by atoms with Crippen molar-refractivity contribution in [1.82, 2.24) is 0 Å². The summed E-state index contributed by atoms with van der Waals surface area (Å²) in [4.78, 5) is 14.2. The second-order valence-electron chi connectivity index (χ2n) is 4.73. The highest BCUT2D eigenvalue weighted by molar-refractivity contribution is 7.99. The Morgan fingerprint density at radius 3 is 3.05 bits per heavy atom. The zero-order valence-corrected chi connectivity index (χ0v) is 12.5. The monoisotopic (exact) mass is 294 g/mol. The van der Waals surface area contributed by atoms with Gasteiger partial charge in [0.05, 0.1) is 19.0 Å². The maximum absolute atomic E-state index is 12.3. The third-order valence-electron chi connectivity index (χ3n) is 3.27. The van der Waals surface area contributed by atoms with Crippen LogP contribution in [0.2, 0.25) is 0 Å². The van der Waals surface area contributed by atoms with Gasteiger partial charge in [0, 0.05) is 24.5 Å². The maximum atomic E-state index is 12.3. The minimum absolute atomic E-state index is 0.195. The van der Waals surface area contributed by atoms with Gasteiger partial charge >= 0.3 is 0 Å². The predicted octanol–water partition coefficient (Wildman–Crippen LogP) is 1.67. The van der Waals surface area contributed by atoms with Crippen molar-refractivity contribution in [2.45, 2.75) is 12.8 Å². The standard InChI is InChI=1S/C15H22N2O2S/c16-7-9-19-10-11-20-12-15(18)17-8-3-5-13-4-1-2-6-14(13)17/h1-2,4,6H,3,5,7-12,16H2. The minimum atomic E-state index is 0.195. The number of aryl methyl sites for hydroxylation is 1. The fraction of sp³-hybridized carbons (Fsp3) is 0.533. The van der Waals surface area contributed by atoms with E-state index in [0.717, 1.165) is 30.8 Å². The molecule has 0 saturated carbocycles. The van der Waals surface area contributed by atoms with Crippen LogP contribution in [-0.4, -0.2) is 43.7 Å². The van der Waals surface area contributed by atoms with Crippen molar-refractivity contribution in [3.8, 4) is 0 Å². The Morgan fingerprint density at radius 1 is 1.35 bits per heavy atom. The van der Waals surface area contributed by atoms with Crippen LogP contribution >= 0.6 is 11.8 Å². The van der Waals surface area contributed by atoms with Gasteiger partial charge in [-0.15, -0.1) is 11.8 Å². The highest BCUT2D eigenvalue weighted by atomic mass is 32.2. The van der Waals surface area contributed by atoms with Crippen molar-refractivity contribution in [2.75, 3.05) is 42.7 Å². The first kappa shape index (κ1) is 15.4. The van der Waals surface area contributed by atoms with E-state index >= 15 is 0 Å². The van der Waals surface area contributed by atoms with Gasteiger partial charge in [0.1, 0.15) is 0 Å². The number of carbonyl (C=O) groups excluding carboxylic acids is 1. The first-order valence-electron chi connectivity index (χ1n) is 7.06. The normalized spacial score (nSPS) is 14.2. The van der Waals surface area contributed by atoms with Gasteiger partial charge < -0.3 is 15.4 Å². The maximum Gasteiger partial charge on any atom is 0.236 e. The molecule has 1 heterocycles. The van der Waals surface area contributed by atoms with Crippen LogP contribution in [0.3, 0.4) is 0 Å². The molecule has 1 aromatic rings. The van der Waals surface area contributed by atoms with E-state index < -0.39 is 0 Å². The zero-order chi connectivity index (χ0) is 14.2. The van der Waals surface area contributed by atoms with Gasteiger partial charge in [-0.2, -0.15) is 0 Å². The number of carbonyl (C=O) groups is 1. The molecule has 2 rings (SSSR count). The molecule has 5 heteroatoms. The van der Waals surface area contributed by atoms with Gasteiger partial charge in [-0.3, -0.25) is 4.79 Å². The molecule has 1 aliphatic heterocycles. The van der Waals surface area contributed by atoms with Crippen LogP contribution in [0.5, 0.6) is 0 Å². The lowest BCUT2D eigenvalue weighted by molar-refractivity contribution is -0.116. The molecular weight excluding hydrogens is 272 g/mol. The molecule has 0 atom stereocenters. The van der Waals surface area contributed by atoms with Crippen LogP contribution in [-0.2, 0) is 16.0 Å². The number of benzene rings is 1. The Morgan fingerprint density at radius 2 is 2.20 bits per heavy atom. The van der Waals surface area contributed by atoms with E-state index in [0.29, 0.717) is 25.5 Å². The molecule has 0 fully saturated rings. The summed E-state index contributed by atoms with van der Waals surface area (Å²) in [6, 6.07) is 8.19. The first-order chi connectivity index (χ1) is 9.83. The van der Waals surface area contributed by atoms with E-state index in [1.165, 1.54) is 5.56 Å². The second-order valence-corrected chi connectivity index (χ2v) is 5.84. The number of amides is 1. The third-order valence-corrected chi connectivity index (χ3v) is 4.18. The van der Waals surface area contributed by atoms with E-state index in [1.807, 2.05) is 23.1 Å². The molecule has 2 N–H and O–H groups in total. The van der Waals surface area contributed by atoms with E-state index in [9.17, 15) is 4.79 Å². The van der Waals surface area contributed by atoms with Crippen LogP contribution < -0.4 is 10.6 Å². The van der Waals surface area contributed by atoms with Crippen LogP contribution in [0.1, 0.15) is 12.0 Å². The van der Waals surface area contributed by atoms with Crippen LogP contribution in [0.4, 0.5) is 5.69 Å². The lowest BCUT2D eigenvalue weighted by Crippen LogP contribution is -2.36. The summed E-state index contributed by atoms with van der Waals surface area (Å²) in [5.41, 5.74) is 7.71. The number of hydrogen-bond acceptors (Lipinski definition) is 4. The van der Waals surface area contributed by atoms with Crippen LogP contribution in [0.15, 0.2) is 24.3 Å². The third kappa shape index (κ3) is 4.23. The minimum Gasteiger partial charge on any atom is -0.379 e. The Kier molecular flexibility index (Phi) is 6.36. The Hall–Kier alpha value is -1.04. The largest absolute Gasteiger partial charge is 0.379 e. The van der Waals surface area contributed by atoms with Gasteiger partial charge in [-0.25, -0.2) is 0 Å². The number of ether oxygens (including phenoxy) is 1. The molecule has 0 radical (unpaired) electrons. The summed E-state index contributed by atoms with van der Waals surface area (Å²) < 4.78 is 5.30. The number of anilines is 1. The highest BCUT2D eigenvalue weighted by Gasteiger charge is 2.21. The van der Waals surface area contributed by atoms with E-state index in [2.05, 4.69) is 6.07 Å². The van der Waals surface area contributed by atoms with Gasteiger partial charge in [-0.1, -0.05) is 18.2 Å². The van der Waals surface area contributed by atoms with E-state index in [4.69, 9.17) is 10.5 Å². The first-order valence-corrected chi connectivity index (χ1v) is 8.22. The number of nitrogens with two attached hydrogens (primary N) is 1. The van der Waals surface area contributed by atoms with Crippen molar-refractivity contribution in [3.05, 3.63) is 29.8 Å². The summed E-state index contributed by atoms with van der Waals surface area (Å²) in [6.07, 6.45) is 2.12. The van der Waals surface area contributed by atoms with Gasteiger partial charge in [0.15, 0.2) is 0 Å². The molecular formula is C15H22N2O2S. The van der Waals surface area contributed by atoms with E-state index in [-0.39, 0.29) is 5.91 Å². The molecule has 0 aliphatic carbocycles. The Balaban J connectivity index is 1.79. The topological polar surface area (TPSA) is 55.6 Å². The SMILES string of the molecule is NCCOCCSCC(=O)N1CCCc2ccccc21. The van der Waals surface area contributed by atoms with Crippen molar-refractivity contribution >= 4 is 23.4 Å². The summed E-state index contributed by atoms with van der Waals surface area (Å²) >= 11 is 1.62. The average molecular weight is 294 g/mol. The quantitative estimate of drug-likeness (QED) is 0.777. The molecule has 0 aromatic heterocycles. The van der Waals surface area contributed by atoms with E-state index in [1.54, 1.807) is 11.8 Å². The predicted molar refractivity (Wildman–Crippen MR) is 84.3 cm³/mol. The number of nitrogens with zero attached hydrogens (tertiary/aromatic N) is 1. The van der Waals surface area contributed by atoms with Crippen molar-refractivity contribution < 1.29 is 9.53 Å². The van der Waals surface area contributed by atoms with Crippen LogP contribution in [0.25, 0.3) is 0 Å². The molecule has 20 heavy (non-hydrogen) atoms. The number of hydrogen-bond donors (Lipinski definition) is 1. The summed E-state index contributed by atoms with van der Waals surface area (Å²) in [5.74, 6) is 1.54. The smallest absolute Gasteiger partial charge is 0.236 e. The molecule has 1 aromatic carbocycles. The molecule has 0 saturated heterocycles. The lowest BCUT2D eigenvalue weighted by Gasteiger charge is -2.29. The molecule has 110 valence electrons. The fourth-order valence-corrected chi connectivity index (χ4v) is 3.04. The van der Waals surface area contributed by atoms with Crippen molar-refractivity contribution in [3.63, 3.8) is 0 Å². The Labute approximate surface area is 124 Å². The average Bonchev–Trinajstić information content (AvgIpc) is 2.50. The fourth-order valence-electron chi connectivity index (χ4n) is 2.33. The van der Waals surface area contributed by atoms with Crippen molar-refractivity contribution in [1.29, 1.82) is 0 Å². The summed E-state index contributed by atoms with van der Waals surface area (Å²) in [5, 5.41) is 0. The molecule has 1 aliphatic rings. The highest BCUT2D eigenvalue weighted by Crippen LogP contribution is 2.27. The zero-order valence-electron chi connectivity index (χ0n) is 11.7. The van der Waals surface area contributed by atoms with Crippen LogP contribution in [0, 0.1) is 0 Å². The molecule has 0 spiro atoms. The Bertz CT molecular complexity index is 440. The van der Waals surface area contributed by atoms with Gasteiger partial charge in [0.25, 0.3) is 0 Å².